The van der Waals surface area contributed by atoms with E-state index in [1.165, 1.54) is 19.5 Å². The van der Waals surface area contributed by atoms with Gasteiger partial charge in [0, 0.05) is 18.0 Å². The number of aryl methyl sites for hydroxylation is 1. The first-order valence-corrected chi connectivity index (χ1v) is 5.89. The van der Waals surface area contributed by atoms with Gasteiger partial charge in [-0.2, -0.15) is 0 Å². The molecule has 102 valence electrons. The Hall–Kier alpha value is -2.76. The zero-order chi connectivity index (χ0) is 14.5. The maximum atomic E-state index is 12.1. The lowest BCUT2D eigenvalue weighted by Crippen LogP contribution is -2.17. The molecule has 0 saturated carbocycles. The summed E-state index contributed by atoms with van der Waals surface area (Å²) in [7, 11) is 1.24. The van der Waals surface area contributed by atoms with Crippen molar-refractivity contribution in [2.24, 2.45) is 0 Å². The Labute approximate surface area is 115 Å². The molecule has 1 heterocycles. The number of rotatable bonds is 3. The van der Waals surface area contributed by atoms with E-state index in [2.05, 4.69) is 20.0 Å². The fourth-order valence-electron chi connectivity index (χ4n) is 1.56. The van der Waals surface area contributed by atoms with Crippen LogP contribution in [-0.4, -0.2) is 29.0 Å². The third-order valence-electron chi connectivity index (χ3n) is 2.62. The molecule has 0 bridgehead atoms. The molecule has 0 spiro atoms. The van der Waals surface area contributed by atoms with E-state index in [1.807, 2.05) is 19.1 Å². The van der Waals surface area contributed by atoms with Crippen molar-refractivity contribution in [3.05, 3.63) is 53.5 Å². The molecule has 0 unspecified atom stereocenters. The monoisotopic (exact) mass is 271 g/mol. The number of amides is 1. The SMILES string of the molecule is COC(=O)c1nccnc1NC(=O)c1ccc(C)cc1. The highest BCUT2D eigenvalue weighted by molar-refractivity contribution is 6.06. The summed E-state index contributed by atoms with van der Waals surface area (Å²) in [6, 6.07) is 7.04. The van der Waals surface area contributed by atoms with Gasteiger partial charge in [-0.05, 0) is 19.1 Å². The van der Waals surface area contributed by atoms with Crippen LogP contribution in [0, 0.1) is 6.92 Å². The number of nitrogens with one attached hydrogen (secondary N) is 1. The molecule has 2 aromatic rings. The van der Waals surface area contributed by atoms with Gasteiger partial charge in [0.25, 0.3) is 5.91 Å². The summed E-state index contributed by atoms with van der Waals surface area (Å²) in [6.07, 6.45) is 2.74. The summed E-state index contributed by atoms with van der Waals surface area (Å²) in [5, 5.41) is 2.55. The number of esters is 1. The molecule has 6 heteroatoms. The van der Waals surface area contributed by atoms with Gasteiger partial charge in [-0.25, -0.2) is 14.8 Å². The Morgan fingerprint density at radius 3 is 2.40 bits per heavy atom. The fraction of sp³-hybridized carbons (Fsp3) is 0.143. The van der Waals surface area contributed by atoms with Crippen LogP contribution in [0.1, 0.15) is 26.4 Å². The number of hydrogen-bond donors (Lipinski definition) is 1. The lowest BCUT2D eigenvalue weighted by atomic mass is 10.1. The molecule has 20 heavy (non-hydrogen) atoms. The molecule has 0 aliphatic heterocycles. The summed E-state index contributed by atoms with van der Waals surface area (Å²) in [6.45, 7) is 1.93. The summed E-state index contributed by atoms with van der Waals surface area (Å²) < 4.78 is 4.59. The zero-order valence-electron chi connectivity index (χ0n) is 11.1. The molecule has 1 N–H and O–H groups in total. The van der Waals surface area contributed by atoms with Gasteiger partial charge in [0.1, 0.15) is 0 Å². The minimum absolute atomic E-state index is 0.0320. The van der Waals surface area contributed by atoms with Gasteiger partial charge in [0.15, 0.2) is 11.5 Å². The van der Waals surface area contributed by atoms with Crippen molar-refractivity contribution >= 4 is 17.7 Å². The second-order valence-corrected chi connectivity index (χ2v) is 4.07. The molecule has 1 aromatic carbocycles. The Morgan fingerprint density at radius 2 is 1.75 bits per heavy atom. The lowest BCUT2D eigenvalue weighted by Gasteiger charge is -2.07. The number of carbonyl (C=O) groups excluding carboxylic acids is 2. The number of ether oxygens (including phenoxy) is 1. The second-order valence-electron chi connectivity index (χ2n) is 4.07. The molecule has 0 atom stereocenters. The normalized spacial score (nSPS) is 9.90. The average molecular weight is 271 g/mol. The minimum Gasteiger partial charge on any atom is -0.464 e. The fourth-order valence-corrected chi connectivity index (χ4v) is 1.56. The van der Waals surface area contributed by atoms with Gasteiger partial charge in [-0.3, -0.25) is 4.79 Å². The maximum absolute atomic E-state index is 12.1. The first-order chi connectivity index (χ1) is 9.61. The van der Waals surface area contributed by atoms with Crippen LogP contribution in [0.2, 0.25) is 0 Å². The van der Waals surface area contributed by atoms with Crippen molar-refractivity contribution in [1.82, 2.24) is 9.97 Å². The summed E-state index contributed by atoms with van der Waals surface area (Å²) in [5.41, 5.74) is 1.49. The first kappa shape index (κ1) is 13.7. The van der Waals surface area contributed by atoms with Gasteiger partial charge in [-0.15, -0.1) is 0 Å². The van der Waals surface area contributed by atoms with Crippen molar-refractivity contribution in [3.63, 3.8) is 0 Å². The van der Waals surface area contributed by atoms with E-state index >= 15 is 0 Å². The van der Waals surface area contributed by atoms with Gasteiger partial charge < -0.3 is 10.1 Å². The highest BCUT2D eigenvalue weighted by Gasteiger charge is 2.17. The maximum Gasteiger partial charge on any atom is 0.360 e. The molecule has 0 radical (unpaired) electrons. The van der Waals surface area contributed by atoms with E-state index < -0.39 is 5.97 Å². The molecule has 0 saturated heterocycles. The number of aromatic nitrogens is 2. The number of carbonyl (C=O) groups is 2. The quantitative estimate of drug-likeness (QED) is 0.861. The molecule has 2 rings (SSSR count). The smallest absolute Gasteiger partial charge is 0.360 e. The predicted octanol–water partition coefficient (Wildman–Crippen LogP) is 1.82. The Morgan fingerprint density at radius 1 is 1.10 bits per heavy atom. The van der Waals surface area contributed by atoms with Crippen molar-refractivity contribution in [2.45, 2.75) is 6.92 Å². The first-order valence-electron chi connectivity index (χ1n) is 5.89. The molecular weight excluding hydrogens is 258 g/mol. The van der Waals surface area contributed by atoms with Gasteiger partial charge in [0.05, 0.1) is 7.11 Å². The highest BCUT2D eigenvalue weighted by atomic mass is 16.5. The van der Waals surface area contributed by atoms with Crippen molar-refractivity contribution in [2.75, 3.05) is 12.4 Å². The third-order valence-corrected chi connectivity index (χ3v) is 2.62. The van der Waals surface area contributed by atoms with E-state index in [1.54, 1.807) is 12.1 Å². The van der Waals surface area contributed by atoms with Gasteiger partial charge in [-0.1, -0.05) is 17.7 Å². The van der Waals surface area contributed by atoms with Crippen LogP contribution in [-0.2, 0) is 4.74 Å². The van der Waals surface area contributed by atoms with Crippen molar-refractivity contribution in [3.8, 4) is 0 Å². The van der Waals surface area contributed by atoms with Crippen LogP contribution < -0.4 is 5.32 Å². The summed E-state index contributed by atoms with van der Waals surface area (Å²) >= 11 is 0. The van der Waals surface area contributed by atoms with Crippen LogP contribution in [0.3, 0.4) is 0 Å². The molecule has 0 fully saturated rings. The topological polar surface area (TPSA) is 81.2 Å². The van der Waals surface area contributed by atoms with E-state index in [0.29, 0.717) is 5.56 Å². The van der Waals surface area contributed by atoms with Crippen LogP contribution in [0.15, 0.2) is 36.7 Å². The number of hydrogen-bond acceptors (Lipinski definition) is 5. The number of methoxy groups -OCH3 is 1. The van der Waals surface area contributed by atoms with E-state index in [-0.39, 0.29) is 17.4 Å². The highest BCUT2D eigenvalue weighted by Crippen LogP contribution is 2.12. The Balaban J connectivity index is 2.24. The van der Waals surface area contributed by atoms with E-state index in [9.17, 15) is 9.59 Å². The van der Waals surface area contributed by atoms with Crippen molar-refractivity contribution < 1.29 is 14.3 Å². The molecule has 6 nitrogen and oxygen atoms in total. The summed E-state index contributed by atoms with van der Waals surface area (Å²) in [4.78, 5) is 31.4. The lowest BCUT2D eigenvalue weighted by molar-refractivity contribution is 0.0595. The van der Waals surface area contributed by atoms with Crippen LogP contribution in [0.5, 0.6) is 0 Å². The molecular formula is C14H13N3O3. The Bertz CT molecular complexity index is 638. The zero-order valence-corrected chi connectivity index (χ0v) is 11.1. The molecule has 1 aromatic heterocycles. The number of anilines is 1. The number of nitrogens with zero attached hydrogens (tertiary/aromatic N) is 2. The average Bonchev–Trinajstić information content (AvgIpc) is 2.47. The van der Waals surface area contributed by atoms with Gasteiger partial charge in [0.2, 0.25) is 0 Å². The molecule has 0 aliphatic rings. The third kappa shape index (κ3) is 2.97. The Kier molecular flexibility index (Phi) is 4.05. The van der Waals surface area contributed by atoms with E-state index in [0.717, 1.165) is 5.56 Å². The molecule has 0 aliphatic carbocycles. The second kappa shape index (κ2) is 5.92. The minimum atomic E-state index is -0.655. The largest absolute Gasteiger partial charge is 0.464 e. The predicted molar refractivity (Wildman–Crippen MR) is 72.5 cm³/mol. The number of benzene rings is 1. The van der Waals surface area contributed by atoms with Crippen LogP contribution in [0.25, 0.3) is 0 Å². The van der Waals surface area contributed by atoms with Crippen LogP contribution in [0.4, 0.5) is 5.82 Å². The van der Waals surface area contributed by atoms with Crippen LogP contribution >= 0.6 is 0 Å². The standard InChI is InChI=1S/C14H13N3O3/c1-9-3-5-10(6-4-9)13(18)17-12-11(14(19)20-2)15-7-8-16-12/h3-8H,1-2H3,(H,16,17,18). The van der Waals surface area contributed by atoms with Crippen molar-refractivity contribution in [1.29, 1.82) is 0 Å². The van der Waals surface area contributed by atoms with E-state index in [4.69, 9.17) is 0 Å². The molecule has 1 amide bonds. The summed E-state index contributed by atoms with van der Waals surface area (Å²) in [5.74, 6) is -0.946. The van der Waals surface area contributed by atoms with Gasteiger partial charge >= 0.3 is 5.97 Å².